The molecule has 0 amide bonds. The quantitative estimate of drug-likeness (QED) is 0.814. The van der Waals surface area contributed by atoms with Gasteiger partial charge in [-0.15, -0.1) is 0 Å². The number of hydrogen-bond acceptors (Lipinski definition) is 5. The Morgan fingerprint density at radius 1 is 1.44 bits per heavy atom. The second kappa shape index (κ2) is 5.96. The molecule has 1 aromatic rings. The molecule has 2 heterocycles. The van der Waals surface area contributed by atoms with Gasteiger partial charge in [0.15, 0.2) is 5.82 Å². The summed E-state index contributed by atoms with van der Waals surface area (Å²) in [5.41, 5.74) is 0. The van der Waals surface area contributed by atoms with E-state index >= 15 is 0 Å². The minimum absolute atomic E-state index is 0.427. The minimum Gasteiger partial charge on any atom is -0.377 e. The Kier molecular flexibility index (Phi) is 4.30. The topological polar surface area (TPSA) is 60.2 Å². The van der Waals surface area contributed by atoms with Crippen LogP contribution in [0.15, 0.2) is 4.52 Å². The summed E-state index contributed by atoms with van der Waals surface area (Å²) in [6.07, 6.45) is 4.57. The highest BCUT2D eigenvalue weighted by atomic mass is 16.5. The number of nitrogens with zero attached hydrogens (tertiary/aromatic N) is 2. The largest absolute Gasteiger partial charge is 0.377 e. The predicted molar refractivity (Wildman–Crippen MR) is 58.9 cm³/mol. The first-order valence-electron chi connectivity index (χ1n) is 5.89. The summed E-state index contributed by atoms with van der Waals surface area (Å²) in [6.45, 7) is 2.71. The van der Waals surface area contributed by atoms with Gasteiger partial charge in [0.25, 0.3) is 0 Å². The van der Waals surface area contributed by atoms with Gasteiger partial charge < -0.3 is 14.6 Å². The molecule has 0 aromatic carbocycles. The highest BCUT2D eigenvalue weighted by molar-refractivity contribution is 4.85. The van der Waals surface area contributed by atoms with Crippen molar-refractivity contribution in [1.29, 1.82) is 0 Å². The molecule has 0 bridgehead atoms. The molecule has 90 valence electrons. The van der Waals surface area contributed by atoms with E-state index in [2.05, 4.69) is 15.5 Å². The zero-order valence-electron chi connectivity index (χ0n) is 9.74. The number of methoxy groups -OCH3 is 1. The number of aryl methyl sites for hydroxylation is 1. The average Bonchev–Trinajstić information content (AvgIpc) is 2.76. The Morgan fingerprint density at radius 2 is 2.25 bits per heavy atom. The number of nitrogens with one attached hydrogen (secondary N) is 1. The summed E-state index contributed by atoms with van der Waals surface area (Å²) in [5, 5.41) is 7.21. The lowest BCUT2D eigenvalue weighted by atomic mass is 9.93. The van der Waals surface area contributed by atoms with Crippen LogP contribution in [0.5, 0.6) is 0 Å². The van der Waals surface area contributed by atoms with E-state index in [0.717, 1.165) is 37.7 Å². The monoisotopic (exact) mass is 225 g/mol. The Balaban J connectivity index is 1.75. The lowest BCUT2D eigenvalue weighted by Gasteiger charge is -2.21. The van der Waals surface area contributed by atoms with Crippen molar-refractivity contribution in [2.45, 2.75) is 32.3 Å². The van der Waals surface area contributed by atoms with Gasteiger partial charge in [-0.25, -0.2) is 0 Å². The summed E-state index contributed by atoms with van der Waals surface area (Å²) in [7, 11) is 1.63. The van der Waals surface area contributed by atoms with Crippen LogP contribution in [-0.4, -0.2) is 30.3 Å². The zero-order valence-corrected chi connectivity index (χ0v) is 9.74. The fourth-order valence-corrected chi connectivity index (χ4v) is 2.08. The van der Waals surface area contributed by atoms with E-state index in [1.165, 1.54) is 12.8 Å². The van der Waals surface area contributed by atoms with Crippen molar-refractivity contribution < 1.29 is 9.26 Å². The number of rotatable bonds is 5. The van der Waals surface area contributed by atoms with E-state index in [-0.39, 0.29) is 0 Å². The molecular weight excluding hydrogens is 206 g/mol. The van der Waals surface area contributed by atoms with Crippen molar-refractivity contribution >= 4 is 0 Å². The molecule has 1 N–H and O–H groups in total. The molecule has 2 rings (SSSR count). The number of ether oxygens (including phenoxy) is 1. The maximum absolute atomic E-state index is 5.15. The van der Waals surface area contributed by atoms with Crippen molar-refractivity contribution in [1.82, 2.24) is 15.5 Å². The molecule has 1 aliphatic heterocycles. The first kappa shape index (κ1) is 11.5. The molecule has 5 nitrogen and oxygen atoms in total. The Bertz CT molecular complexity index is 308. The molecule has 1 aliphatic rings. The zero-order chi connectivity index (χ0) is 11.2. The van der Waals surface area contributed by atoms with Crippen molar-refractivity contribution in [2.24, 2.45) is 5.92 Å². The molecule has 0 unspecified atom stereocenters. The first-order valence-corrected chi connectivity index (χ1v) is 5.89. The number of piperidine rings is 1. The molecule has 1 saturated heterocycles. The normalized spacial score (nSPS) is 17.8. The van der Waals surface area contributed by atoms with Crippen LogP contribution in [0, 0.1) is 5.92 Å². The van der Waals surface area contributed by atoms with Crippen LogP contribution in [0.25, 0.3) is 0 Å². The maximum atomic E-state index is 5.15. The molecule has 0 aliphatic carbocycles. The summed E-state index contributed by atoms with van der Waals surface area (Å²) in [4.78, 5) is 4.27. The fraction of sp³-hybridized carbons (Fsp3) is 0.818. The Hall–Kier alpha value is -0.940. The Morgan fingerprint density at radius 3 is 3.00 bits per heavy atom. The van der Waals surface area contributed by atoms with Gasteiger partial charge in [-0.1, -0.05) is 5.16 Å². The van der Waals surface area contributed by atoms with Crippen LogP contribution in [0.2, 0.25) is 0 Å². The van der Waals surface area contributed by atoms with E-state index in [1.54, 1.807) is 7.11 Å². The molecule has 0 spiro atoms. The van der Waals surface area contributed by atoms with Crippen LogP contribution >= 0.6 is 0 Å². The summed E-state index contributed by atoms with van der Waals surface area (Å²) < 4.78 is 10.1. The molecule has 5 heteroatoms. The smallest absolute Gasteiger partial charge is 0.226 e. The van der Waals surface area contributed by atoms with Crippen molar-refractivity contribution in [3.8, 4) is 0 Å². The van der Waals surface area contributed by atoms with Gasteiger partial charge in [-0.3, -0.25) is 0 Å². The molecular formula is C11H19N3O2. The van der Waals surface area contributed by atoms with Crippen molar-refractivity contribution in [2.75, 3.05) is 20.2 Å². The highest BCUT2D eigenvalue weighted by Gasteiger charge is 2.14. The molecule has 0 saturated carbocycles. The molecule has 1 aromatic heterocycles. The second-order valence-corrected chi connectivity index (χ2v) is 4.27. The van der Waals surface area contributed by atoms with Crippen molar-refractivity contribution in [3.05, 3.63) is 11.7 Å². The maximum Gasteiger partial charge on any atom is 0.226 e. The minimum atomic E-state index is 0.427. The average molecular weight is 225 g/mol. The third kappa shape index (κ3) is 3.28. The SMILES string of the molecule is COCc1noc(CCC2CCNCC2)n1. The predicted octanol–water partition coefficient (Wildman–Crippen LogP) is 1.15. The van der Waals surface area contributed by atoms with Gasteiger partial charge in [-0.2, -0.15) is 4.98 Å². The molecule has 1 fully saturated rings. The van der Waals surface area contributed by atoms with E-state index < -0.39 is 0 Å². The fourth-order valence-electron chi connectivity index (χ4n) is 2.08. The summed E-state index contributed by atoms with van der Waals surface area (Å²) in [5.74, 6) is 2.19. The molecule has 0 atom stereocenters. The van der Waals surface area contributed by atoms with Gasteiger partial charge in [-0.05, 0) is 38.3 Å². The third-order valence-electron chi connectivity index (χ3n) is 3.01. The van der Waals surface area contributed by atoms with Gasteiger partial charge in [0, 0.05) is 13.5 Å². The second-order valence-electron chi connectivity index (χ2n) is 4.27. The highest BCUT2D eigenvalue weighted by Crippen LogP contribution is 2.18. The van der Waals surface area contributed by atoms with Gasteiger partial charge in [0.1, 0.15) is 6.61 Å². The lowest BCUT2D eigenvalue weighted by Crippen LogP contribution is -2.27. The first-order chi connectivity index (χ1) is 7.88. The number of aromatic nitrogens is 2. The van der Waals surface area contributed by atoms with Crippen LogP contribution in [0.1, 0.15) is 31.0 Å². The Labute approximate surface area is 95.6 Å². The lowest BCUT2D eigenvalue weighted by molar-refractivity contribution is 0.174. The standard InChI is InChI=1S/C11H19N3O2/c1-15-8-10-13-11(16-14-10)3-2-9-4-6-12-7-5-9/h9,12H,2-8H2,1H3. The van der Waals surface area contributed by atoms with Crippen LogP contribution in [0.4, 0.5) is 0 Å². The molecule has 0 radical (unpaired) electrons. The van der Waals surface area contributed by atoms with E-state index in [0.29, 0.717) is 12.4 Å². The van der Waals surface area contributed by atoms with E-state index in [4.69, 9.17) is 9.26 Å². The van der Waals surface area contributed by atoms with Crippen LogP contribution in [0.3, 0.4) is 0 Å². The van der Waals surface area contributed by atoms with Gasteiger partial charge >= 0.3 is 0 Å². The van der Waals surface area contributed by atoms with Gasteiger partial charge in [0.2, 0.25) is 5.89 Å². The van der Waals surface area contributed by atoms with Crippen LogP contribution in [-0.2, 0) is 17.8 Å². The van der Waals surface area contributed by atoms with Crippen LogP contribution < -0.4 is 5.32 Å². The van der Waals surface area contributed by atoms with Gasteiger partial charge in [0.05, 0.1) is 0 Å². The third-order valence-corrected chi connectivity index (χ3v) is 3.01. The van der Waals surface area contributed by atoms with Crippen molar-refractivity contribution in [3.63, 3.8) is 0 Å². The number of hydrogen-bond donors (Lipinski definition) is 1. The van der Waals surface area contributed by atoms with E-state index in [1.807, 2.05) is 0 Å². The summed E-state index contributed by atoms with van der Waals surface area (Å²) in [6, 6.07) is 0. The molecule has 16 heavy (non-hydrogen) atoms. The van der Waals surface area contributed by atoms with E-state index in [9.17, 15) is 0 Å². The summed E-state index contributed by atoms with van der Waals surface area (Å²) >= 11 is 0.